The molecule has 1 amide bonds. The number of carbonyl (C=O) groups excluding carboxylic acids is 1. The molecule has 30 heavy (non-hydrogen) atoms. The number of amides is 1. The van der Waals surface area contributed by atoms with Crippen molar-refractivity contribution in [2.75, 3.05) is 36.4 Å². The Morgan fingerprint density at radius 3 is 2.27 bits per heavy atom. The summed E-state index contributed by atoms with van der Waals surface area (Å²) in [5.74, 6) is -0.0395. The van der Waals surface area contributed by atoms with Crippen LogP contribution in [-0.4, -0.2) is 44.8 Å². The number of hydrogen-bond donors (Lipinski definition) is 1. The number of anilines is 2. The van der Waals surface area contributed by atoms with E-state index in [4.69, 9.17) is 0 Å². The lowest BCUT2D eigenvalue weighted by Crippen LogP contribution is -2.27. The molecule has 2 aliphatic heterocycles. The van der Waals surface area contributed by atoms with Crippen molar-refractivity contribution < 1.29 is 13.2 Å². The summed E-state index contributed by atoms with van der Waals surface area (Å²) in [7, 11) is -3.39. The SMILES string of the molecule is O=C(CCc1ccc(S(=O)(=O)N2CCCC2)cc1)Nc1cccc(N2CCCC2)c1. The lowest BCUT2D eigenvalue weighted by molar-refractivity contribution is -0.116. The molecule has 2 heterocycles. The molecule has 0 radical (unpaired) electrons. The summed E-state index contributed by atoms with van der Waals surface area (Å²) in [6.45, 7) is 3.34. The highest BCUT2D eigenvalue weighted by Gasteiger charge is 2.26. The van der Waals surface area contributed by atoms with Crippen LogP contribution in [0.5, 0.6) is 0 Å². The van der Waals surface area contributed by atoms with E-state index in [1.54, 1.807) is 16.4 Å². The van der Waals surface area contributed by atoms with Gasteiger partial charge in [-0.05, 0) is 68.0 Å². The average molecular weight is 428 g/mol. The zero-order valence-corrected chi connectivity index (χ0v) is 18.0. The van der Waals surface area contributed by atoms with Crippen LogP contribution in [0, 0.1) is 0 Å². The first-order chi connectivity index (χ1) is 14.5. The van der Waals surface area contributed by atoms with Gasteiger partial charge in [0.25, 0.3) is 0 Å². The first-order valence-corrected chi connectivity index (χ1v) is 12.2. The first-order valence-electron chi connectivity index (χ1n) is 10.8. The van der Waals surface area contributed by atoms with Gasteiger partial charge in [-0.3, -0.25) is 4.79 Å². The van der Waals surface area contributed by atoms with Crippen LogP contribution in [0.25, 0.3) is 0 Å². The van der Waals surface area contributed by atoms with Crippen molar-refractivity contribution >= 4 is 27.3 Å². The molecule has 1 N–H and O–H groups in total. The Labute approximate surface area is 178 Å². The van der Waals surface area contributed by atoms with Gasteiger partial charge >= 0.3 is 0 Å². The smallest absolute Gasteiger partial charge is 0.243 e. The Balaban J connectivity index is 1.31. The molecule has 2 aromatic rings. The van der Waals surface area contributed by atoms with Crippen LogP contribution in [0.4, 0.5) is 11.4 Å². The molecule has 0 saturated carbocycles. The maximum absolute atomic E-state index is 12.6. The van der Waals surface area contributed by atoms with E-state index in [-0.39, 0.29) is 5.91 Å². The maximum atomic E-state index is 12.6. The molecule has 0 bridgehead atoms. The molecular formula is C23H29N3O3S. The van der Waals surface area contributed by atoms with Crippen LogP contribution in [-0.2, 0) is 21.2 Å². The van der Waals surface area contributed by atoms with Crippen molar-refractivity contribution in [1.82, 2.24) is 4.31 Å². The van der Waals surface area contributed by atoms with E-state index < -0.39 is 10.0 Å². The van der Waals surface area contributed by atoms with Crippen LogP contribution in [0.15, 0.2) is 53.4 Å². The second-order valence-corrected chi connectivity index (χ2v) is 9.99. The Morgan fingerprint density at radius 1 is 0.900 bits per heavy atom. The lowest BCUT2D eigenvalue weighted by atomic mass is 10.1. The van der Waals surface area contributed by atoms with Crippen molar-refractivity contribution in [3.8, 4) is 0 Å². The van der Waals surface area contributed by atoms with Gasteiger partial charge in [0.15, 0.2) is 0 Å². The third-order valence-corrected chi connectivity index (χ3v) is 7.78. The summed E-state index contributed by atoms with van der Waals surface area (Å²) in [5, 5.41) is 2.98. The minimum absolute atomic E-state index is 0.0395. The quantitative estimate of drug-likeness (QED) is 0.732. The van der Waals surface area contributed by atoms with Crippen LogP contribution in [0.2, 0.25) is 0 Å². The topological polar surface area (TPSA) is 69.7 Å². The molecule has 0 atom stereocenters. The molecule has 0 aliphatic carbocycles. The highest BCUT2D eigenvalue weighted by atomic mass is 32.2. The number of hydrogen-bond acceptors (Lipinski definition) is 4. The molecule has 7 heteroatoms. The Hall–Kier alpha value is -2.38. The maximum Gasteiger partial charge on any atom is 0.243 e. The van der Waals surface area contributed by atoms with E-state index in [9.17, 15) is 13.2 Å². The van der Waals surface area contributed by atoms with Crippen molar-refractivity contribution in [3.63, 3.8) is 0 Å². The van der Waals surface area contributed by atoms with Crippen molar-refractivity contribution in [3.05, 3.63) is 54.1 Å². The molecular weight excluding hydrogens is 398 g/mol. The van der Waals surface area contributed by atoms with Gasteiger partial charge in [-0.2, -0.15) is 4.31 Å². The molecule has 2 saturated heterocycles. The number of rotatable bonds is 7. The van der Waals surface area contributed by atoms with Crippen molar-refractivity contribution in [1.29, 1.82) is 0 Å². The van der Waals surface area contributed by atoms with E-state index in [0.29, 0.717) is 30.8 Å². The average Bonchev–Trinajstić information content (AvgIpc) is 3.47. The third kappa shape index (κ3) is 4.84. The minimum atomic E-state index is -3.39. The van der Waals surface area contributed by atoms with Gasteiger partial charge in [-0.1, -0.05) is 18.2 Å². The zero-order chi connectivity index (χ0) is 21.0. The van der Waals surface area contributed by atoms with Gasteiger partial charge in [0, 0.05) is 44.0 Å². The van der Waals surface area contributed by atoms with Gasteiger partial charge in [-0.15, -0.1) is 0 Å². The Kier molecular flexibility index (Phi) is 6.39. The summed E-state index contributed by atoms with van der Waals surface area (Å²) < 4.78 is 26.7. The minimum Gasteiger partial charge on any atom is -0.371 e. The van der Waals surface area contributed by atoms with E-state index >= 15 is 0 Å². The van der Waals surface area contributed by atoms with Crippen LogP contribution in [0.1, 0.15) is 37.7 Å². The molecule has 6 nitrogen and oxygen atoms in total. The first kappa shape index (κ1) is 20.9. The molecule has 0 unspecified atom stereocenters. The second kappa shape index (κ2) is 9.18. The number of sulfonamides is 1. The van der Waals surface area contributed by atoms with Crippen molar-refractivity contribution in [2.45, 2.75) is 43.4 Å². The normalized spacial score (nSPS) is 17.4. The largest absolute Gasteiger partial charge is 0.371 e. The fourth-order valence-corrected chi connectivity index (χ4v) is 5.66. The van der Waals surface area contributed by atoms with E-state index in [0.717, 1.165) is 42.9 Å². The van der Waals surface area contributed by atoms with Crippen LogP contribution < -0.4 is 10.2 Å². The summed E-state index contributed by atoms with van der Waals surface area (Å²) in [6, 6.07) is 14.9. The van der Waals surface area contributed by atoms with E-state index in [1.807, 2.05) is 30.3 Å². The Bertz CT molecular complexity index is 977. The third-order valence-electron chi connectivity index (χ3n) is 5.87. The number of nitrogens with zero attached hydrogens (tertiary/aromatic N) is 2. The predicted molar refractivity (Wildman–Crippen MR) is 119 cm³/mol. The van der Waals surface area contributed by atoms with Gasteiger partial charge in [-0.25, -0.2) is 8.42 Å². The van der Waals surface area contributed by atoms with Crippen LogP contribution >= 0.6 is 0 Å². The van der Waals surface area contributed by atoms with Gasteiger partial charge in [0.05, 0.1) is 4.90 Å². The van der Waals surface area contributed by atoms with Crippen LogP contribution in [0.3, 0.4) is 0 Å². The summed E-state index contributed by atoms with van der Waals surface area (Å²) in [4.78, 5) is 15.1. The molecule has 2 aromatic carbocycles. The molecule has 2 fully saturated rings. The summed E-state index contributed by atoms with van der Waals surface area (Å²) >= 11 is 0. The molecule has 4 rings (SSSR count). The second-order valence-electron chi connectivity index (χ2n) is 8.05. The molecule has 2 aliphatic rings. The van der Waals surface area contributed by atoms with Crippen molar-refractivity contribution in [2.24, 2.45) is 0 Å². The fourth-order valence-electron chi connectivity index (χ4n) is 4.14. The van der Waals surface area contributed by atoms with E-state index in [2.05, 4.69) is 16.3 Å². The number of carbonyl (C=O) groups is 1. The number of nitrogens with one attached hydrogen (secondary N) is 1. The monoisotopic (exact) mass is 427 g/mol. The predicted octanol–water partition coefficient (Wildman–Crippen LogP) is 3.64. The van der Waals surface area contributed by atoms with E-state index in [1.165, 1.54) is 12.8 Å². The molecule has 0 spiro atoms. The highest BCUT2D eigenvalue weighted by molar-refractivity contribution is 7.89. The number of aryl methyl sites for hydroxylation is 1. The number of benzene rings is 2. The van der Waals surface area contributed by atoms with Gasteiger partial charge in [0.2, 0.25) is 15.9 Å². The van der Waals surface area contributed by atoms with Gasteiger partial charge < -0.3 is 10.2 Å². The molecule has 160 valence electrons. The Morgan fingerprint density at radius 2 is 1.57 bits per heavy atom. The summed E-state index contributed by atoms with van der Waals surface area (Å²) in [6.07, 6.45) is 5.21. The fraction of sp³-hybridized carbons (Fsp3) is 0.435. The zero-order valence-electron chi connectivity index (χ0n) is 17.2. The standard InChI is InChI=1S/C23H29N3O3S/c27-23(24-20-6-5-7-21(18-20)25-14-1-2-15-25)13-10-19-8-11-22(12-9-19)30(28,29)26-16-3-4-17-26/h5-9,11-12,18H,1-4,10,13-17H2,(H,24,27). The molecule has 0 aromatic heterocycles. The lowest BCUT2D eigenvalue weighted by Gasteiger charge is -2.18. The van der Waals surface area contributed by atoms with Gasteiger partial charge in [0.1, 0.15) is 0 Å². The summed E-state index contributed by atoms with van der Waals surface area (Å²) in [5.41, 5.74) is 2.92. The highest BCUT2D eigenvalue weighted by Crippen LogP contribution is 2.24.